The average Bonchev–Trinajstić information content (AvgIpc) is 3.27. The molecule has 5 aliphatic rings. The normalized spacial score (nSPS) is 52.6. The van der Waals surface area contributed by atoms with Gasteiger partial charge in [-0.3, -0.25) is 9.59 Å². The molecule has 3 saturated carbocycles. The van der Waals surface area contributed by atoms with Crippen molar-refractivity contribution in [3.8, 4) is 0 Å². The van der Waals surface area contributed by atoms with E-state index >= 15 is 0 Å². The minimum Gasteiger partial charge on any atom is -0.462 e. The Morgan fingerprint density at radius 2 is 1.93 bits per heavy atom. The standard InChI is InChI=1S/C23H32O4/c1-13(24)23-20(27-23)12-19-17-6-5-15-11-16(26-14(2)25)7-9-21(15,3)18(17)8-10-22(19,23)4/h5,16-20H,6-12H2,1-4H3/t16?,17?,18?,19?,20?,21-,22-,23+/m0/s1. The van der Waals surface area contributed by atoms with Crippen LogP contribution in [0.1, 0.15) is 72.6 Å². The number of esters is 1. The van der Waals surface area contributed by atoms with Gasteiger partial charge in [0.25, 0.3) is 0 Å². The minimum absolute atomic E-state index is 0.0152. The number of hydrogen-bond donors (Lipinski definition) is 0. The summed E-state index contributed by atoms with van der Waals surface area (Å²) < 4.78 is 11.6. The Morgan fingerprint density at radius 3 is 2.63 bits per heavy atom. The molecule has 0 spiro atoms. The van der Waals surface area contributed by atoms with Gasteiger partial charge in [-0.05, 0) is 68.6 Å². The SMILES string of the molecule is CC(=O)OC1CC[C@@]2(C)C(=CCC3C2CC[C@@]2(C)C3CC3O[C@]32C(C)=O)C1. The monoisotopic (exact) mass is 372 g/mol. The lowest BCUT2D eigenvalue weighted by Crippen LogP contribution is -2.54. The maximum atomic E-state index is 12.5. The Balaban J connectivity index is 1.43. The number of carbonyl (C=O) groups excluding carboxylic acids is 2. The van der Waals surface area contributed by atoms with Crippen molar-refractivity contribution in [1.29, 1.82) is 0 Å². The first-order valence-corrected chi connectivity index (χ1v) is 10.8. The molecule has 5 unspecified atom stereocenters. The molecule has 0 aromatic heterocycles. The lowest BCUT2D eigenvalue weighted by molar-refractivity contribution is -0.149. The van der Waals surface area contributed by atoms with E-state index in [2.05, 4.69) is 19.9 Å². The highest BCUT2D eigenvalue weighted by Gasteiger charge is 2.79. The third-order valence-corrected chi connectivity index (χ3v) is 9.34. The number of ether oxygens (including phenoxy) is 2. The van der Waals surface area contributed by atoms with Gasteiger partial charge in [0.15, 0.2) is 11.4 Å². The second-order valence-corrected chi connectivity index (χ2v) is 10.3. The van der Waals surface area contributed by atoms with Gasteiger partial charge < -0.3 is 9.47 Å². The third-order valence-electron chi connectivity index (χ3n) is 9.34. The van der Waals surface area contributed by atoms with E-state index in [4.69, 9.17) is 9.47 Å². The number of epoxide rings is 1. The Morgan fingerprint density at radius 1 is 1.15 bits per heavy atom. The van der Waals surface area contributed by atoms with Gasteiger partial charge >= 0.3 is 5.97 Å². The quantitative estimate of drug-likeness (QED) is 0.414. The molecule has 0 bridgehead atoms. The Hall–Kier alpha value is -1.16. The molecule has 0 amide bonds. The van der Waals surface area contributed by atoms with Gasteiger partial charge in [0, 0.05) is 18.8 Å². The van der Waals surface area contributed by atoms with Crippen LogP contribution in [0.3, 0.4) is 0 Å². The van der Waals surface area contributed by atoms with E-state index in [0.717, 1.165) is 38.5 Å². The fraction of sp³-hybridized carbons (Fsp3) is 0.826. The van der Waals surface area contributed by atoms with E-state index in [1.165, 1.54) is 18.9 Å². The zero-order chi connectivity index (χ0) is 19.2. The molecular formula is C23H32O4. The van der Waals surface area contributed by atoms with Gasteiger partial charge in [-0.1, -0.05) is 25.5 Å². The van der Waals surface area contributed by atoms with E-state index in [1.54, 1.807) is 6.92 Å². The largest absolute Gasteiger partial charge is 0.462 e. The first-order chi connectivity index (χ1) is 12.7. The van der Waals surface area contributed by atoms with Gasteiger partial charge in [-0.25, -0.2) is 0 Å². The van der Waals surface area contributed by atoms with Gasteiger partial charge in [-0.2, -0.15) is 0 Å². The van der Waals surface area contributed by atoms with Crippen molar-refractivity contribution < 1.29 is 19.1 Å². The maximum absolute atomic E-state index is 12.5. The van der Waals surface area contributed by atoms with E-state index in [1.807, 2.05) is 0 Å². The molecule has 5 rings (SSSR count). The summed E-state index contributed by atoms with van der Waals surface area (Å²) in [6.45, 7) is 8.03. The molecule has 1 aliphatic heterocycles. The van der Waals surface area contributed by atoms with E-state index < -0.39 is 5.60 Å². The summed E-state index contributed by atoms with van der Waals surface area (Å²) in [6, 6.07) is 0. The maximum Gasteiger partial charge on any atom is 0.302 e. The first kappa shape index (κ1) is 17.9. The highest BCUT2D eigenvalue weighted by molar-refractivity contribution is 5.90. The molecule has 4 nitrogen and oxygen atoms in total. The second kappa shape index (κ2) is 5.46. The van der Waals surface area contributed by atoms with Gasteiger partial charge in [0.1, 0.15) is 6.10 Å². The summed E-state index contributed by atoms with van der Waals surface area (Å²) in [7, 11) is 0. The summed E-state index contributed by atoms with van der Waals surface area (Å²) in [4.78, 5) is 23.8. The number of allylic oxidation sites excluding steroid dienone is 1. The number of Topliss-reactive ketones (excluding diaryl/α,β-unsaturated/α-hetero) is 1. The molecule has 8 atom stereocenters. The van der Waals surface area contributed by atoms with Crippen LogP contribution in [0, 0.1) is 28.6 Å². The topological polar surface area (TPSA) is 55.9 Å². The fourth-order valence-electron chi connectivity index (χ4n) is 8.03. The molecule has 4 fully saturated rings. The van der Waals surface area contributed by atoms with Crippen molar-refractivity contribution in [2.75, 3.05) is 0 Å². The lowest BCUT2D eigenvalue weighted by Gasteiger charge is -2.58. The van der Waals surface area contributed by atoms with Crippen LogP contribution in [0.5, 0.6) is 0 Å². The molecule has 0 aromatic rings. The van der Waals surface area contributed by atoms with Crippen LogP contribution < -0.4 is 0 Å². The van der Waals surface area contributed by atoms with Crippen LogP contribution >= 0.6 is 0 Å². The molecule has 0 radical (unpaired) electrons. The van der Waals surface area contributed by atoms with Crippen molar-refractivity contribution >= 4 is 11.8 Å². The molecule has 0 N–H and O–H groups in total. The van der Waals surface area contributed by atoms with Gasteiger partial charge in [-0.15, -0.1) is 0 Å². The molecule has 1 heterocycles. The van der Waals surface area contributed by atoms with E-state index in [9.17, 15) is 9.59 Å². The third kappa shape index (κ3) is 2.14. The zero-order valence-corrected chi connectivity index (χ0v) is 17.0. The van der Waals surface area contributed by atoms with Gasteiger partial charge in [0.05, 0.1) is 6.10 Å². The number of rotatable bonds is 2. The lowest BCUT2D eigenvalue weighted by atomic mass is 9.47. The summed E-state index contributed by atoms with van der Waals surface area (Å²) in [5.74, 6) is 2.03. The van der Waals surface area contributed by atoms with Crippen molar-refractivity contribution in [1.82, 2.24) is 0 Å². The molecule has 1 saturated heterocycles. The van der Waals surface area contributed by atoms with Crippen LogP contribution in [0.2, 0.25) is 0 Å². The van der Waals surface area contributed by atoms with Crippen LogP contribution in [-0.2, 0) is 19.1 Å². The Bertz CT molecular complexity index is 741. The predicted molar refractivity (Wildman–Crippen MR) is 101 cm³/mol. The van der Waals surface area contributed by atoms with Crippen LogP contribution in [0.15, 0.2) is 11.6 Å². The summed E-state index contributed by atoms with van der Waals surface area (Å²) in [5.41, 5.74) is 1.30. The van der Waals surface area contributed by atoms with Crippen LogP contribution in [0.25, 0.3) is 0 Å². The fourth-order valence-corrected chi connectivity index (χ4v) is 8.03. The average molecular weight is 373 g/mol. The molecule has 27 heavy (non-hydrogen) atoms. The van der Waals surface area contributed by atoms with Crippen molar-refractivity contribution in [2.45, 2.75) is 90.4 Å². The summed E-state index contributed by atoms with van der Waals surface area (Å²) in [5, 5.41) is 0. The Kier molecular flexibility index (Phi) is 3.62. The van der Waals surface area contributed by atoms with Crippen molar-refractivity contribution in [3.05, 3.63) is 11.6 Å². The second-order valence-electron chi connectivity index (χ2n) is 10.3. The number of ketones is 1. The first-order valence-electron chi connectivity index (χ1n) is 10.8. The zero-order valence-electron chi connectivity index (χ0n) is 17.0. The highest BCUT2D eigenvalue weighted by Crippen LogP contribution is 2.73. The van der Waals surface area contributed by atoms with E-state index in [0.29, 0.717) is 17.8 Å². The van der Waals surface area contributed by atoms with Gasteiger partial charge in [0.2, 0.25) is 0 Å². The molecule has 0 aromatic carbocycles. The molecule has 148 valence electrons. The smallest absolute Gasteiger partial charge is 0.302 e. The van der Waals surface area contributed by atoms with Crippen molar-refractivity contribution in [2.24, 2.45) is 28.6 Å². The summed E-state index contributed by atoms with van der Waals surface area (Å²) >= 11 is 0. The number of carbonyl (C=O) groups is 2. The van der Waals surface area contributed by atoms with Crippen LogP contribution in [0.4, 0.5) is 0 Å². The molecule has 4 heteroatoms. The summed E-state index contributed by atoms with van der Waals surface area (Å²) in [6.07, 6.45) is 10.1. The predicted octanol–water partition coefficient (Wildman–Crippen LogP) is 4.22. The van der Waals surface area contributed by atoms with Crippen molar-refractivity contribution in [3.63, 3.8) is 0 Å². The van der Waals surface area contributed by atoms with E-state index in [-0.39, 0.29) is 34.8 Å². The minimum atomic E-state index is -0.472. The number of hydrogen-bond acceptors (Lipinski definition) is 4. The molecule has 4 aliphatic carbocycles. The molecular weight excluding hydrogens is 340 g/mol. The van der Waals surface area contributed by atoms with Crippen LogP contribution in [-0.4, -0.2) is 29.6 Å². The number of fused-ring (bicyclic) bond motifs is 7. The Labute approximate surface area is 162 Å². The highest BCUT2D eigenvalue weighted by atomic mass is 16.6.